The van der Waals surface area contributed by atoms with Gasteiger partial charge in [0.1, 0.15) is 6.54 Å². The topological polar surface area (TPSA) is 102 Å². The van der Waals surface area contributed by atoms with Crippen molar-refractivity contribution in [3.63, 3.8) is 0 Å². The second-order valence-corrected chi connectivity index (χ2v) is 8.32. The number of ether oxygens (including phenoxy) is 1. The maximum Gasteiger partial charge on any atom is 0.320 e. The minimum atomic E-state index is -3.82. The summed E-state index contributed by atoms with van der Waals surface area (Å²) in [6.45, 7) is -0.448. The molecule has 2 aromatic carbocycles. The summed E-state index contributed by atoms with van der Waals surface area (Å²) in [6.07, 6.45) is 0.334. The van der Waals surface area contributed by atoms with Crippen LogP contribution in [0.15, 0.2) is 64.4 Å². The minimum Gasteiger partial charge on any atom is -0.468 e. The molecule has 0 aliphatic rings. The van der Waals surface area contributed by atoms with E-state index in [1.54, 1.807) is 11.8 Å². The van der Waals surface area contributed by atoms with Crippen molar-refractivity contribution in [2.75, 3.05) is 24.7 Å². The Morgan fingerprint density at radius 3 is 2.33 bits per heavy atom. The number of hydrogen-bond acceptors (Lipinski definition) is 6. The van der Waals surface area contributed by atoms with Crippen LogP contribution in [-0.4, -0.2) is 39.7 Å². The van der Waals surface area contributed by atoms with Crippen molar-refractivity contribution in [3.8, 4) is 0 Å². The van der Waals surface area contributed by atoms with Crippen molar-refractivity contribution < 1.29 is 22.7 Å². The summed E-state index contributed by atoms with van der Waals surface area (Å²) < 4.78 is 30.6. The van der Waals surface area contributed by atoms with Crippen molar-refractivity contribution in [2.45, 2.75) is 16.2 Å². The van der Waals surface area contributed by atoms with Gasteiger partial charge >= 0.3 is 5.97 Å². The van der Waals surface area contributed by atoms with Gasteiger partial charge in [-0.15, -0.1) is 11.8 Å². The van der Waals surface area contributed by atoms with Crippen LogP contribution < -0.4 is 10.0 Å². The van der Waals surface area contributed by atoms with E-state index >= 15 is 0 Å². The number of nitrogens with one attached hydrogen (secondary N) is 2. The zero-order valence-electron chi connectivity index (χ0n) is 14.7. The lowest BCUT2D eigenvalue weighted by Crippen LogP contribution is -2.30. The van der Waals surface area contributed by atoms with Crippen molar-refractivity contribution in [2.24, 2.45) is 0 Å². The molecule has 0 aromatic heterocycles. The third-order valence-corrected chi connectivity index (χ3v) is 5.85. The molecule has 2 rings (SSSR count). The Morgan fingerprint density at radius 1 is 1.04 bits per heavy atom. The molecule has 7 nitrogen and oxygen atoms in total. The van der Waals surface area contributed by atoms with Gasteiger partial charge in [-0.3, -0.25) is 9.59 Å². The highest BCUT2D eigenvalue weighted by atomic mass is 32.2. The SMILES string of the molecule is COC(=O)CNS(=O)(=O)c1ccc(NC(=O)CCSc2ccccc2)cc1. The van der Waals surface area contributed by atoms with Crippen LogP contribution in [0.5, 0.6) is 0 Å². The molecular formula is C18H20N2O5S2. The highest BCUT2D eigenvalue weighted by molar-refractivity contribution is 7.99. The van der Waals surface area contributed by atoms with Gasteiger partial charge in [0.05, 0.1) is 12.0 Å². The van der Waals surface area contributed by atoms with Crippen LogP contribution in [0.2, 0.25) is 0 Å². The van der Waals surface area contributed by atoms with Crippen LogP contribution in [0.1, 0.15) is 6.42 Å². The molecule has 0 bridgehead atoms. The van der Waals surface area contributed by atoms with Gasteiger partial charge in [0.2, 0.25) is 15.9 Å². The van der Waals surface area contributed by atoms with E-state index in [0.717, 1.165) is 4.90 Å². The fraction of sp³-hybridized carbons (Fsp3) is 0.222. The molecule has 0 saturated carbocycles. The zero-order valence-corrected chi connectivity index (χ0v) is 16.3. The van der Waals surface area contributed by atoms with Gasteiger partial charge in [0.25, 0.3) is 0 Å². The fourth-order valence-corrected chi connectivity index (χ4v) is 3.87. The Morgan fingerprint density at radius 2 is 1.70 bits per heavy atom. The number of carbonyl (C=O) groups excluding carboxylic acids is 2. The number of methoxy groups -OCH3 is 1. The lowest BCUT2D eigenvalue weighted by molar-refractivity contribution is -0.139. The second kappa shape index (κ2) is 10.1. The van der Waals surface area contributed by atoms with E-state index in [4.69, 9.17) is 0 Å². The smallest absolute Gasteiger partial charge is 0.320 e. The van der Waals surface area contributed by atoms with E-state index < -0.39 is 22.5 Å². The normalized spacial score (nSPS) is 11.0. The van der Waals surface area contributed by atoms with Crippen molar-refractivity contribution in [1.29, 1.82) is 0 Å². The Bertz CT molecular complexity index is 868. The molecule has 27 heavy (non-hydrogen) atoms. The Kier molecular flexibility index (Phi) is 7.83. The number of hydrogen-bond donors (Lipinski definition) is 2. The average molecular weight is 409 g/mol. The summed E-state index contributed by atoms with van der Waals surface area (Å²) in [7, 11) is -2.65. The lowest BCUT2D eigenvalue weighted by atomic mass is 10.3. The molecule has 0 aliphatic heterocycles. The van der Waals surface area contributed by atoms with Gasteiger partial charge in [-0.05, 0) is 36.4 Å². The van der Waals surface area contributed by atoms with E-state index in [0.29, 0.717) is 17.9 Å². The van der Waals surface area contributed by atoms with E-state index in [-0.39, 0.29) is 10.8 Å². The van der Waals surface area contributed by atoms with Gasteiger partial charge in [-0.25, -0.2) is 8.42 Å². The lowest BCUT2D eigenvalue weighted by Gasteiger charge is -2.08. The summed E-state index contributed by atoms with van der Waals surface area (Å²) in [6, 6.07) is 15.5. The number of anilines is 1. The first-order valence-corrected chi connectivity index (χ1v) is 10.5. The zero-order chi connectivity index (χ0) is 19.7. The summed E-state index contributed by atoms with van der Waals surface area (Å²) in [5.41, 5.74) is 0.497. The highest BCUT2D eigenvalue weighted by Gasteiger charge is 2.15. The molecule has 0 fully saturated rings. The van der Waals surface area contributed by atoms with Crippen LogP contribution in [0.3, 0.4) is 0 Å². The number of carbonyl (C=O) groups is 2. The molecule has 144 valence electrons. The first-order chi connectivity index (χ1) is 12.9. The predicted molar refractivity (Wildman–Crippen MR) is 104 cm³/mol. The standard InChI is InChI=1S/C18H20N2O5S2/c1-25-18(22)13-19-27(23,24)16-9-7-14(8-10-16)20-17(21)11-12-26-15-5-3-2-4-6-15/h2-10,19H,11-13H2,1H3,(H,20,21). The molecule has 0 aliphatic carbocycles. The average Bonchev–Trinajstić information content (AvgIpc) is 2.67. The molecule has 0 radical (unpaired) electrons. The number of sulfonamides is 1. The van der Waals surface area contributed by atoms with Crippen molar-refractivity contribution in [3.05, 3.63) is 54.6 Å². The van der Waals surface area contributed by atoms with E-state index in [1.807, 2.05) is 30.3 Å². The highest BCUT2D eigenvalue weighted by Crippen LogP contribution is 2.18. The van der Waals surface area contributed by atoms with E-state index in [2.05, 4.69) is 14.8 Å². The molecule has 1 amide bonds. The van der Waals surface area contributed by atoms with Gasteiger partial charge in [-0.1, -0.05) is 18.2 Å². The number of thioether (sulfide) groups is 1. The molecule has 2 aromatic rings. The fourth-order valence-electron chi connectivity index (χ4n) is 2.03. The van der Waals surface area contributed by atoms with Crippen molar-refractivity contribution in [1.82, 2.24) is 4.72 Å². The van der Waals surface area contributed by atoms with Gasteiger partial charge in [-0.2, -0.15) is 4.72 Å². The summed E-state index contributed by atoms with van der Waals surface area (Å²) in [4.78, 5) is 24.1. The van der Waals surface area contributed by atoms with E-state index in [1.165, 1.54) is 31.4 Å². The van der Waals surface area contributed by atoms with Crippen LogP contribution in [0.4, 0.5) is 5.69 Å². The Hall–Kier alpha value is -2.36. The first-order valence-electron chi connectivity index (χ1n) is 8.05. The molecule has 9 heteroatoms. The molecule has 0 saturated heterocycles. The van der Waals surface area contributed by atoms with Gasteiger partial charge in [0.15, 0.2) is 0 Å². The maximum absolute atomic E-state index is 12.1. The summed E-state index contributed by atoms with van der Waals surface area (Å²) in [5, 5.41) is 2.72. The van der Waals surface area contributed by atoms with Crippen LogP contribution in [0.25, 0.3) is 0 Å². The van der Waals surface area contributed by atoms with E-state index in [9.17, 15) is 18.0 Å². The number of amides is 1. The Labute approximate surface area is 162 Å². The first kappa shape index (κ1) is 20.9. The number of rotatable bonds is 9. The van der Waals surface area contributed by atoms with Crippen LogP contribution in [-0.2, 0) is 24.3 Å². The van der Waals surface area contributed by atoms with Gasteiger partial charge < -0.3 is 10.1 Å². The third-order valence-electron chi connectivity index (χ3n) is 3.42. The summed E-state index contributed by atoms with van der Waals surface area (Å²) >= 11 is 1.59. The second-order valence-electron chi connectivity index (χ2n) is 5.38. The number of benzene rings is 2. The van der Waals surface area contributed by atoms with Crippen LogP contribution >= 0.6 is 11.8 Å². The summed E-state index contributed by atoms with van der Waals surface area (Å²) in [5.74, 6) is -0.201. The number of esters is 1. The largest absolute Gasteiger partial charge is 0.468 e. The van der Waals surface area contributed by atoms with Crippen LogP contribution in [0, 0.1) is 0 Å². The maximum atomic E-state index is 12.1. The predicted octanol–water partition coefficient (Wildman–Crippen LogP) is 2.26. The molecule has 0 unspecified atom stereocenters. The van der Waals surface area contributed by atoms with Gasteiger partial charge in [0, 0.05) is 22.8 Å². The third kappa shape index (κ3) is 7.05. The molecular weight excluding hydrogens is 388 g/mol. The molecule has 0 atom stereocenters. The monoisotopic (exact) mass is 408 g/mol. The molecule has 0 spiro atoms. The molecule has 2 N–H and O–H groups in total. The van der Waals surface area contributed by atoms with Crippen molar-refractivity contribution >= 4 is 39.3 Å². The Balaban J connectivity index is 1.83. The minimum absolute atomic E-state index is 0.0102. The molecule has 0 heterocycles. The quantitative estimate of drug-likeness (QED) is 0.487.